The standard InChI is InChI=1S/C11H6Cl2F2O3/c12-5-2-1-4(3-6(5)13)9(16)7-8(10(17)18)11(7,14)15/h1-3,7-8H,(H,17,18). The van der Waals surface area contributed by atoms with E-state index in [9.17, 15) is 18.4 Å². The largest absolute Gasteiger partial charge is 0.481 e. The van der Waals surface area contributed by atoms with E-state index >= 15 is 0 Å². The van der Waals surface area contributed by atoms with E-state index in [0.29, 0.717) is 0 Å². The number of benzene rings is 1. The fourth-order valence-corrected chi connectivity index (χ4v) is 2.09. The molecule has 0 aromatic heterocycles. The summed E-state index contributed by atoms with van der Waals surface area (Å²) in [6.07, 6.45) is 0. The summed E-state index contributed by atoms with van der Waals surface area (Å²) in [4.78, 5) is 22.3. The van der Waals surface area contributed by atoms with Crippen molar-refractivity contribution in [3.05, 3.63) is 33.8 Å². The summed E-state index contributed by atoms with van der Waals surface area (Å²) in [6, 6.07) is 3.69. The average molecular weight is 295 g/mol. The number of Topliss-reactive ketones (excluding diaryl/α,β-unsaturated/α-hetero) is 1. The summed E-state index contributed by atoms with van der Waals surface area (Å²) >= 11 is 11.3. The van der Waals surface area contributed by atoms with Crippen molar-refractivity contribution in [2.75, 3.05) is 0 Å². The van der Waals surface area contributed by atoms with E-state index in [1.165, 1.54) is 12.1 Å². The Morgan fingerprint density at radius 1 is 1.17 bits per heavy atom. The van der Waals surface area contributed by atoms with Crippen LogP contribution in [0.15, 0.2) is 18.2 Å². The monoisotopic (exact) mass is 294 g/mol. The Balaban J connectivity index is 2.28. The second kappa shape index (κ2) is 4.17. The molecule has 1 saturated carbocycles. The molecule has 1 N–H and O–H groups in total. The van der Waals surface area contributed by atoms with Gasteiger partial charge in [0.2, 0.25) is 0 Å². The van der Waals surface area contributed by atoms with Crippen molar-refractivity contribution in [3.63, 3.8) is 0 Å². The number of hydrogen-bond acceptors (Lipinski definition) is 2. The summed E-state index contributed by atoms with van der Waals surface area (Å²) in [5.74, 6) is -9.91. The third-order valence-corrected chi connectivity index (χ3v) is 3.55. The first-order chi connectivity index (χ1) is 8.26. The Kier molecular flexibility index (Phi) is 3.07. The Hall–Kier alpha value is -1.20. The fraction of sp³-hybridized carbons (Fsp3) is 0.273. The van der Waals surface area contributed by atoms with Crippen molar-refractivity contribution in [3.8, 4) is 0 Å². The van der Waals surface area contributed by atoms with Crippen LogP contribution in [-0.2, 0) is 4.79 Å². The summed E-state index contributed by atoms with van der Waals surface area (Å²) in [6.45, 7) is 0. The lowest BCUT2D eigenvalue weighted by molar-refractivity contribution is -0.140. The number of halogens is 4. The van der Waals surface area contributed by atoms with Crippen LogP contribution in [0.2, 0.25) is 10.0 Å². The van der Waals surface area contributed by atoms with Gasteiger partial charge in [-0.3, -0.25) is 9.59 Å². The number of carboxylic acids is 1. The molecular formula is C11H6Cl2F2O3. The van der Waals surface area contributed by atoms with Crippen molar-refractivity contribution >= 4 is 35.0 Å². The number of carboxylic acid groups (broad SMARTS) is 1. The average Bonchev–Trinajstić information content (AvgIpc) is 2.85. The number of hydrogen-bond donors (Lipinski definition) is 1. The van der Waals surface area contributed by atoms with Gasteiger partial charge in [-0.25, -0.2) is 8.78 Å². The number of alkyl halides is 2. The molecule has 2 rings (SSSR count). The summed E-state index contributed by atoms with van der Waals surface area (Å²) < 4.78 is 26.3. The quantitative estimate of drug-likeness (QED) is 0.872. The van der Waals surface area contributed by atoms with Gasteiger partial charge in [0.25, 0.3) is 5.92 Å². The first-order valence-corrected chi connectivity index (χ1v) is 5.62. The normalized spacial score (nSPS) is 24.7. The molecule has 0 radical (unpaired) electrons. The summed E-state index contributed by atoms with van der Waals surface area (Å²) in [5, 5.41) is 8.81. The van der Waals surface area contributed by atoms with Gasteiger partial charge in [-0.15, -0.1) is 0 Å². The minimum atomic E-state index is -3.50. The van der Waals surface area contributed by atoms with Crippen LogP contribution >= 0.6 is 23.2 Å². The van der Waals surface area contributed by atoms with Crippen LogP contribution in [0.5, 0.6) is 0 Å². The molecule has 1 fully saturated rings. The number of carbonyl (C=O) groups is 2. The first kappa shape index (κ1) is 13.2. The van der Waals surface area contributed by atoms with E-state index in [0.717, 1.165) is 6.07 Å². The van der Waals surface area contributed by atoms with E-state index in [2.05, 4.69) is 0 Å². The molecule has 3 nitrogen and oxygen atoms in total. The van der Waals surface area contributed by atoms with Gasteiger partial charge >= 0.3 is 5.97 Å². The van der Waals surface area contributed by atoms with Crippen molar-refractivity contribution < 1.29 is 23.5 Å². The predicted octanol–water partition coefficient (Wildman–Crippen LogP) is 3.14. The van der Waals surface area contributed by atoms with E-state index < -0.39 is 29.5 Å². The molecule has 0 amide bonds. The number of carbonyl (C=O) groups excluding carboxylic acids is 1. The smallest absolute Gasteiger partial charge is 0.313 e. The van der Waals surface area contributed by atoms with Crippen LogP contribution in [0.3, 0.4) is 0 Å². The molecule has 2 unspecified atom stereocenters. The van der Waals surface area contributed by atoms with Gasteiger partial charge in [0.05, 0.1) is 10.0 Å². The zero-order chi connectivity index (χ0) is 13.7. The van der Waals surface area contributed by atoms with E-state index in [1.54, 1.807) is 0 Å². The molecule has 0 heterocycles. The molecular weight excluding hydrogens is 289 g/mol. The maximum atomic E-state index is 13.2. The highest BCUT2D eigenvalue weighted by Gasteiger charge is 2.75. The number of aliphatic carboxylic acids is 1. The van der Waals surface area contributed by atoms with Crippen LogP contribution < -0.4 is 0 Å². The van der Waals surface area contributed by atoms with E-state index in [1.807, 2.05) is 0 Å². The molecule has 18 heavy (non-hydrogen) atoms. The molecule has 2 atom stereocenters. The topological polar surface area (TPSA) is 54.4 Å². The van der Waals surface area contributed by atoms with Gasteiger partial charge in [-0.05, 0) is 18.2 Å². The molecule has 0 saturated heterocycles. The highest BCUT2D eigenvalue weighted by Crippen LogP contribution is 2.56. The van der Waals surface area contributed by atoms with Crippen molar-refractivity contribution in [2.24, 2.45) is 11.8 Å². The Bertz CT molecular complexity index is 545. The Morgan fingerprint density at radius 3 is 2.22 bits per heavy atom. The second-order valence-corrected chi connectivity index (χ2v) is 4.78. The Morgan fingerprint density at radius 2 is 1.78 bits per heavy atom. The zero-order valence-corrected chi connectivity index (χ0v) is 10.2. The molecule has 0 aliphatic heterocycles. The third-order valence-electron chi connectivity index (χ3n) is 2.81. The van der Waals surface area contributed by atoms with Crippen molar-refractivity contribution in [1.29, 1.82) is 0 Å². The lowest BCUT2D eigenvalue weighted by atomic mass is 10.1. The lowest BCUT2D eigenvalue weighted by Crippen LogP contribution is -2.08. The maximum absolute atomic E-state index is 13.2. The minimum Gasteiger partial charge on any atom is -0.481 e. The summed E-state index contributed by atoms with van der Waals surface area (Å²) in [7, 11) is 0. The maximum Gasteiger partial charge on any atom is 0.313 e. The van der Waals surface area contributed by atoms with Crippen molar-refractivity contribution in [2.45, 2.75) is 5.92 Å². The first-order valence-electron chi connectivity index (χ1n) is 4.86. The van der Waals surface area contributed by atoms with Gasteiger partial charge in [0, 0.05) is 5.56 Å². The fourth-order valence-electron chi connectivity index (χ4n) is 1.79. The summed E-state index contributed by atoms with van der Waals surface area (Å²) in [5.41, 5.74) is -0.0715. The van der Waals surface area contributed by atoms with Gasteiger partial charge in [-0.1, -0.05) is 23.2 Å². The molecule has 0 bridgehead atoms. The highest BCUT2D eigenvalue weighted by molar-refractivity contribution is 6.42. The molecule has 7 heteroatoms. The molecule has 0 spiro atoms. The van der Waals surface area contributed by atoms with E-state index in [-0.39, 0.29) is 15.6 Å². The van der Waals surface area contributed by atoms with Crippen LogP contribution in [0.25, 0.3) is 0 Å². The zero-order valence-electron chi connectivity index (χ0n) is 8.66. The molecule has 1 aromatic rings. The van der Waals surface area contributed by atoms with Crippen LogP contribution in [0.1, 0.15) is 10.4 Å². The lowest BCUT2D eigenvalue weighted by Gasteiger charge is -2.01. The molecule has 1 aliphatic rings. The van der Waals surface area contributed by atoms with Gasteiger partial charge in [0.1, 0.15) is 11.8 Å². The molecule has 1 aliphatic carbocycles. The second-order valence-electron chi connectivity index (χ2n) is 3.96. The van der Waals surface area contributed by atoms with Gasteiger partial charge < -0.3 is 5.11 Å². The predicted molar refractivity (Wildman–Crippen MR) is 60.4 cm³/mol. The molecule has 1 aromatic carbocycles. The van der Waals surface area contributed by atoms with Gasteiger partial charge in [-0.2, -0.15) is 0 Å². The minimum absolute atomic E-state index is 0.0540. The van der Waals surface area contributed by atoms with Crippen LogP contribution in [0, 0.1) is 11.8 Å². The van der Waals surface area contributed by atoms with Gasteiger partial charge in [0.15, 0.2) is 5.78 Å². The van der Waals surface area contributed by atoms with Crippen molar-refractivity contribution in [1.82, 2.24) is 0 Å². The number of ketones is 1. The van der Waals surface area contributed by atoms with E-state index in [4.69, 9.17) is 28.3 Å². The third kappa shape index (κ3) is 1.97. The highest BCUT2D eigenvalue weighted by atomic mass is 35.5. The Labute approximate surface area is 110 Å². The number of rotatable bonds is 3. The SMILES string of the molecule is O=C(O)C1C(C(=O)c2ccc(Cl)c(Cl)c2)C1(F)F. The van der Waals surface area contributed by atoms with Crippen LogP contribution in [0.4, 0.5) is 8.78 Å². The van der Waals surface area contributed by atoms with Crippen LogP contribution in [-0.4, -0.2) is 22.8 Å². The molecule has 96 valence electrons.